The number of aromatic nitrogens is 4. The van der Waals surface area contributed by atoms with Crippen LogP contribution in [0.1, 0.15) is 12.6 Å². The molecule has 0 atom stereocenters. The second-order valence-electron chi connectivity index (χ2n) is 6.88. The average Bonchev–Trinajstić information content (AvgIpc) is 3.31. The molecule has 0 saturated heterocycles. The molecule has 30 heavy (non-hydrogen) atoms. The van der Waals surface area contributed by atoms with Crippen LogP contribution in [0.25, 0.3) is 22.3 Å². The molecule has 0 fully saturated rings. The van der Waals surface area contributed by atoms with Gasteiger partial charge in [-0.2, -0.15) is 0 Å². The molecule has 0 saturated carbocycles. The standard InChI is InChI=1S/C22H22ClN5OS/c1-3-28-18(12-16-6-4-5-7-19(16)28)13-24-20(29)14-30-22-26-25-21(27(22)2)15-8-10-17(23)11-9-15/h4-12H,3,13-14H2,1-2H3,(H,24,29). The van der Waals surface area contributed by atoms with E-state index in [1.807, 2.05) is 48.0 Å². The number of rotatable bonds is 7. The lowest BCUT2D eigenvalue weighted by Gasteiger charge is -2.09. The van der Waals surface area contributed by atoms with E-state index in [9.17, 15) is 4.79 Å². The highest BCUT2D eigenvalue weighted by molar-refractivity contribution is 7.99. The molecule has 1 N–H and O–H groups in total. The molecule has 2 aromatic carbocycles. The van der Waals surface area contributed by atoms with Crippen LogP contribution in [0.15, 0.2) is 59.8 Å². The molecule has 4 aromatic rings. The smallest absolute Gasteiger partial charge is 0.230 e. The maximum atomic E-state index is 12.4. The van der Waals surface area contributed by atoms with Crippen molar-refractivity contribution >= 4 is 40.2 Å². The van der Waals surface area contributed by atoms with Gasteiger partial charge < -0.3 is 14.5 Å². The van der Waals surface area contributed by atoms with Gasteiger partial charge in [0.15, 0.2) is 11.0 Å². The molecule has 0 aliphatic rings. The topological polar surface area (TPSA) is 64.7 Å². The van der Waals surface area contributed by atoms with Crippen LogP contribution in [0.2, 0.25) is 5.02 Å². The van der Waals surface area contributed by atoms with Crippen LogP contribution in [0.4, 0.5) is 0 Å². The molecule has 154 valence electrons. The van der Waals surface area contributed by atoms with Crippen LogP contribution in [-0.4, -0.2) is 31.0 Å². The minimum Gasteiger partial charge on any atom is -0.350 e. The Kier molecular flexibility index (Phi) is 6.11. The highest BCUT2D eigenvalue weighted by Crippen LogP contribution is 2.24. The number of carbonyl (C=O) groups excluding carboxylic acids is 1. The van der Waals surface area contributed by atoms with Crippen molar-refractivity contribution in [2.45, 2.75) is 25.2 Å². The van der Waals surface area contributed by atoms with Crippen LogP contribution in [-0.2, 0) is 24.9 Å². The SMILES string of the molecule is CCn1c(CNC(=O)CSc2nnc(-c3ccc(Cl)cc3)n2C)cc2ccccc21. The number of nitrogens with zero attached hydrogens (tertiary/aromatic N) is 4. The number of hydrogen-bond donors (Lipinski definition) is 1. The molecule has 2 aromatic heterocycles. The monoisotopic (exact) mass is 439 g/mol. The fourth-order valence-electron chi connectivity index (χ4n) is 3.45. The second kappa shape index (κ2) is 8.93. The number of hydrogen-bond acceptors (Lipinski definition) is 4. The van der Waals surface area contributed by atoms with Crippen molar-refractivity contribution in [3.05, 3.63) is 65.3 Å². The Morgan fingerprint density at radius 1 is 1.13 bits per heavy atom. The summed E-state index contributed by atoms with van der Waals surface area (Å²) in [7, 11) is 1.89. The number of thioether (sulfide) groups is 1. The summed E-state index contributed by atoms with van der Waals surface area (Å²) in [5.41, 5.74) is 3.21. The molecule has 4 rings (SSSR count). The van der Waals surface area contributed by atoms with Gasteiger partial charge in [-0.15, -0.1) is 10.2 Å². The van der Waals surface area contributed by atoms with Crippen molar-refractivity contribution in [1.82, 2.24) is 24.6 Å². The Labute approximate surface area is 184 Å². The van der Waals surface area contributed by atoms with E-state index in [-0.39, 0.29) is 11.7 Å². The van der Waals surface area contributed by atoms with Crippen LogP contribution in [0.5, 0.6) is 0 Å². The third-order valence-electron chi connectivity index (χ3n) is 4.95. The van der Waals surface area contributed by atoms with Crippen molar-refractivity contribution in [1.29, 1.82) is 0 Å². The lowest BCUT2D eigenvalue weighted by molar-refractivity contribution is -0.118. The van der Waals surface area contributed by atoms with E-state index in [0.717, 1.165) is 23.6 Å². The number of benzene rings is 2. The number of halogens is 1. The quantitative estimate of drug-likeness (QED) is 0.430. The molecule has 6 nitrogen and oxygen atoms in total. The number of para-hydroxylation sites is 1. The number of amides is 1. The minimum absolute atomic E-state index is 0.0380. The van der Waals surface area contributed by atoms with Gasteiger partial charge in [-0.05, 0) is 48.7 Å². The Morgan fingerprint density at radius 2 is 1.90 bits per heavy atom. The molecular weight excluding hydrogens is 418 g/mol. The van der Waals surface area contributed by atoms with E-state index in [2.05, 4.69) is 45.2 Å². The molecule has 2 heterocycles. The molecule has 0 aliphatic carbocycles. The zero-order valence-electron chi connectivity index (χ0n) is 16.8. The number of aryl methyl sites for hydroxylation is 1. The summed E-state index contributed by atoms with van der Waals surface area (Å²) < 4.78 is 4.11. The maximum absolute atomic E-state index is 12.4. The first kappa shape index (κ1) is 20.5. The Bertz CT molecular complexity index is 1180. The van der Waals surface area contributed by atoms with E-state index >= 15 is 0 Å². The summed E-state index contributed by atoms with van der Waals surface area (Å²) >= 11 is 7.32. The van der Waals surface area contributed by atoms with Gasteiger partial charge in [0.2, 0.25) is 5.91 Å². The molecule has 0 radical (unpaired) electrons. The Morgan fingerprint density at radius 3 is 2.67 bits per heavy atom. The zero-order chi connectivity index (χ0) is 21.1. The summed E-state index contributed by atoms with van der Waals surface area (Å²) in [5.74, 6) is 0.977. The molecule has 0 spiro atoms. The summed E-state index contributed by atoms with van der Waals surface area (Å²) in [5, 5.41) is 14.0. The van der Waals surface area contributed by atoms with Gasteiger partial charge in [-0.25, -0.2) is 0 Å². The second-order valence-corrected chi connectivity index (χ2v) is 8.26. The van der Waals surface area contributed by atoms with Crippen molar-refractivity contribution < 1.29 is 4.79 Å². The van der Waals surface area contributed by atoms with E-state index < -0.39 is 0 Å². The lowest BCUT2D eigenvalue weighted by atomic mass is 10.2. The first-order valence-corrected chi connectivity index (χ1v) is 11.0. The van der Waals surface area contributed by atoms with E-state index in [1.165, 1.54) is 22.7 Å². The zero-order valence-corrected chi connectivity index (χ0v) is 18.4. The van der Waals surface area contributed by atoms with Crippen molar-refractivity contribution in [2.75, 3.05) is 5.75 Å². The summed E-state index contributed by atoms with van der Waals surface area (Å²) in [6, 6.07) is 17.8. The van der Waals surface area contributed by atoms with Crippen LogP contribution < -0.4 is 5.32 Å². The molecule has 0 unspecified atom stereocenters. The van der Waals surface area contributed by atoms with Crippen molar-refractivity contribution in [2.24, 2.45) is 7.05 Å². The van der Waals surface area contributed by atoms with Crippen LogP contribution in [0.3, 0.4) is 0 Å². The van der Waals surface area contributed by atoms with E-state index in [4.69, 9.17) is 11.6 Å². The first-order valence-electron chi connectivity index (χ1n) is 9.68. The summed E-state index contributed by atoms with van der Waals surface area (Å²) in [6.45, 7) is 3.47. The molecule has 1 amide bonds. The van der Waals surface area contributed by atoms with Gasteiger partial charge in [0.25, 0.3) is 0 Å². The molecule has 0 bridgehead atoms. The third kappa shape index (κ3) is 4.22. The number of carbonyl (C=O) groups is 1. The largest absolute Gasteiger partial charge is 0.350 e. The molecule has 8 heteroatoms. The fraction of sp³-hybridized carbons (Fsp3) is 0.227. The third-order valence-corrected chi connectivity index (χ3v) is 6.22. The number of fused-ring (bicyclic) bond motifs is 1. The maximum Gasteiger partial charge on any atom is 0.230 e. The predicted molar refractivity (Wildman–Crippen MR) is 122 cm³/mol. The molecular formula is C22H22ClN5OS. The van der Waals surface area contributed by atoms with Crippen LogP contribution in [0, 0.1) is 0 Å². The van der Waals surface area contributed by atoms with Gasteiger partial charge in [0.05, 0.1) is 12.3 Å². The van der Waals surface area contributed by atoms with Crippen molar-refractivity contribution in [3.63, 3.8) is 0 Å². The summed E-state index contributed by atoms with van der Waals surface area (Å²) in [4.78, 5) is 12.4. The average molecular weight is 440 g/mol. The highest BCUT2D eigenvalue weighted by atomic mass is 35.5. The first-order chi connectivity index (χ1) is 14.6. The highest BCUT2D eigenvalue weighted by Gasteiger charge is 2.14. The van der Waals surface area contributed by atoms with Crippen LogP contribution >= 0.6 is 23.4 Å². The Balaban J connectivity index is 1.37. The van der Waals surface area contributed by atoms with Gasteiger partial charge in [0, 0.05) is 35.4 Å². The van der Waals surface area contributed by atoms with Gasteiger partial charge >= 0.3 is 0 Å². The van der Waals surface area contributed by atoms with Gasteiger partial charge in [0.1, 0.15) is 0 Å². The lowest BCUT2D eigenvalue weighted by Crippen LogP contribution is -2.26. The minimum atomic E-state index is -0.0380. The molecule has 0 aliphatic heterocycles. The van der Waals surface area contributed by atoms with Crippen molar-refractivity contribution in [3.8, 4) is 11.4 Å². The predicted octanol–water partition coefficient (Wildman–Crippen LogP) is 4.52. The van der Waals surface area contributed by atoms with E-state index in [1.54, 1.807) is 0 Å². The van der Waals surface area contributed by atoms with E-state index in [0.29, 0.717) is 16.7 Å². The number of nitrogens with one attached hydrogen (secondary N) is 1. The van der Waals surface area contributed by atoms with Gasteiger partial charge in [-0.3, -0.25) is 4.79 Å². The Hall–Kier alpha value is -2.77. The fourth-order valence-corrected chi connectivity index (χ4v) is 4.32. The normalized spacial score (nSPS) is 11.2. The van der Waals surface area contributed by atoms with Gasteiger partial charge in [-0.1, -0.05) is 41.6 Å². The summed E-state index contributed by atoms with van der Waals surface area (Å²) in [6.07, 6.45) is 0.